The number of rotatable bonds is 4. The van der Waals surface area contributed by atoms with Crippen molar-refractivity contribution in [3.05, 3.63) is 82.2 Å². The van der Waals surface area contributed by atoms with E-state index in [1.807, 2.05) is 0 Å². The number of halogens is 1. The lowest BCUT2D eigenvalue weighted by atomic mass is 10.0. The van der Waals surface area contributed by atoms with Crippen LogP contribution in [-0.4, -0.2) is 23.0 Å². The summed E-state index contributed by atoms with van der Waals surface area (Å²) in [5.74, 6) is -0.777. The van der Waals surface area contributed by atoms with Crippen molar-refractivity contribution in [3.8, 4) is 11.3 Å². The summed E-state index contributed by atoms with van der Waals surface area (Å²) in [5.41, 5.74) is 1.78. The first-order chi connectivity index (χ1) is 14.3. The highest BCUT2D eigenvalue weighted by Crippen LogP contribution is 2.29. The molecule has 150 valence electrons. The van der Waals surface area contributed by atoms with E-state index in [-0.39, 0.29) is 11.3 Å². The summed E-state index contributed by atoms with van der Waals surface area (Å²) < 4.78 is 5.78. The third kappa shape index (κ3) is 3.46. The summed E-state index contributed by atoms with van der Waals surface area (Å²) in [5, 5.41) is 12.2. The van der Waals surface area contributed by atoms with E-state index in [1.54, 1.807) is 49.4 Å². The molecule has 0 radical (unpaired) electrons. The fraction of sp³-hybridized carbons (Fsp3) is 0.0455. The molecule has 2 heterocycles. The van der Waals surface area contributed by atoms with Gasteiger partial charge in [0.05, 0.1) is 11.3 Å². The molecule has 2 N–H and O–H groups in total. The second-order valence-corrected chi connectivity index (χ2v) is 7.03. The van der Waals surface area contributed by atoms with Crippen molar-refractivity contribution in [2.24, 2.45) is 0 Å². The molecule has 0 spiro atoms. The number of carbonyl (C=O) groups is 3. The predicted octanol–water partition coefficient (Wildman–Crippen LogP) is 4.70. The second-order valence-electron chi connectivity index (χ2n) is 6.59. The average molecular weight is 423 g/mol. The minimum Gasteiger partial charge on any atom is -0.478 e. The number of imide groups is 1. The standard InChI is InChI=1S/C22H15ClN2O5/c1-12-16(6-3-7-17(12)21(27)28)19-9-8-15(30-19)11-18-20(26)25(22(29)24-18)14-5-2-4-13(23)10-14/h2-11H,1H3,(H,24,29)(H,27,28). The van der Waals surface area contributed by atoms with Gasteiger partial charge in [0.25, 0.3) is 5.91 Å². The van der Waals surface area contributed by atoms with E-state index in [9.17, 15) is 19.5 Å². The molecule has 0 atom stereocenters. The van der Waals surface area contributed by atoms with Crippen molar-refractivity contribution in [1.82, 2.24) is 5.32 Å². The Bertz CT molecular complexity index is 1230. The van der Waals surface area contributed by atoms with Gasteiger partial charge in [0.1, 0.15) is 17.2 Å². The first kappa shape index (κ1) is 19.5. The predicted molar refractivity (Wildman–Crippen MR) is 111 cm³/mol. The van der Waals surface area contributed by atoms with E-state index in [1.165, 1.54) is 18.2 Å². The Morgan fingerprint density at radius 1 is 1.13 bits per heavy atom. The molecule has 30 heavy (non-hydrogen) atoms. The lowest BCUT2D eigenvalue weighted by Crippen LogP contribution is -2.30. The Labute approximate surface area is 176 Å². The van der Waals surface area contributed by atoms with Gasteiger partial charge in [-0.05, 0) is 48.9 Å². The summed E-state index contributed by atoms with van der Waals surface area (Å²) in [6.45, 7) is 1.70. The fourth-order valence-corrected chi connectivity index (χ4v) is 3.42. The van der Waals surface area contributed by atoms with Crippen LogP contribution in [0, 0.1) is 6.92 Å². The number of aromatic carboxylic acids is 1. The van der Waals surface area contributed by atoms with Crippen LogP contribution in [0.4, 0.5) is 10.5 Å². The van der Waals surface area contributed by atoms with Crippen molar-refractivity contribution in [1.29, 1.82) is 0 Å². The minimum atomic E-state index is -1.02. The van der Waals surface area contributed by atoms with Gasteiger partial charge in [0, 0.05) is 16.7 Å². The van der Waals surface area contributed by atoms with Gasteiger partial charge in [0.2, 0.25) is 0 Å². The second kappa shape index (κ2) is 7.53. The highest BCUT2D eigenvalue weighted by molar-refractivity contribution is 6.32. The number of amides is 3. The third-order valence-electron chi connectivity index (χ3n) is 4.69. The molecule has 8 heteroatoms. The van der Waals surface area contributed by atoms with E-state index in [0.29, 0.717) is 33.4 Å². The monoisotopic (exact) mass is 422 g/mol. The van der Waals surface area contributed by atoms with E-state index in [4.69, 9.17) is 16.0 Å². The van der Waals surface area contributed by atoms with Crippen LogP contribution < -0.4 is 10.2 Å². The number of carboxylic acids is 1. The number of carboxylic acid groups (broad SMARTS) is 1. The number of carbonyl (C=O) groups excluding carboxylic acids is 2. The fourth-order valence-electron chi connectivity index (χ4n) is 3.24. The maximum absolute atomic E-state index is 12.7. The molecule has 4 rings (SSSR count). The third-order valence-corrected chi connectivity index (χ3v) is 4.92. The van der Waals surface area contributed by atoms with Crippen molar-refractivity contribution in [3.63, 3.8) is 0 Å². The van der Waals surface area contributed by atoms with Crippen molar-refractivity contribution in [2.75, 3.05) is 4.90 Å². The Hall–Kier alpha value is -3.84. The highest BCUT2D eigenvalue weighted by Gasteiger charge is 2.35. The molecule has 7 nitrogen and oxygen atoms in total. The topological polar surface area (TPSA) is 99.9 Å². The molecule has 1 aliphatic heterocycles. The summed E-state index contributed by atoms with van der Waals surface area (Å²) in [6.07, 6.45) is 1.42. The van der Waals surface area contributed by atoms with Crippen LogP contribution in [0.2, 0.25) is 5.02 Å². The highest BCUT2D eigenvalue weighted by atomic mass is 35.5. The van der Waals surface area contributed by atoms with Crippen molar-refractivity contribution >= 4 is 41.3 Å². The number of nitrogens with one attached hydrogen (secondary N) is 1. The molecule has 0 saturated carbocycles. The van der Waals surface area contributed by atoms with E-state index < -0.39 is 17.9 Å². The maximum atomic E-state index is 12.7. The summed E-state index contributed by atoms with van der Waals surface area (Å²) in [4.78, 5) is 37.3. The Kier molecular flexibility index (Phi) is 4.89. The van der Waals surface area contributed by atoms with Crippen LogP contribution in [0.15, 0.2) is 64.7 Å². The molecule has 2 aromatic carbocycles. The van der Waals surface area contributed by atoms with Crippen LogP contribution in [0.25, 0.3) is 17.4 Å². The quantitative estimate of drug-likeness (QED) is 0.468. The van der Waals surface area contributed by atoms with Crippen LogP contribution in [0.3, 0.4) is 0 Å². The Morgan fingerprint density at radius 2 is 1.90 bits per heavy atom. The summed E-state index contributed by atoms with van der Waals surface area (Å²) in [7, 11) is 0. The van der Waals surface area contributed by atoms with E-state index in [2.05, 4.69) is 5.32 Å². The number of urea groups is 1. The van der Waals surface area contributed by atoms with Crippen LogP contribution >= 0.6 is 11.6 Å². The van der Waals surface area contributed by atoms with E-state index >= 15 is 0 Å². The molecule has 0 aliphatic carbocycles. The molecular weight excluding hydrogens is 408 g/mol. The SMILES string of the molecule is Cc1c(C(=O)O)cccc1-c1ccc(C=C2NC(=O)N(c3cccc(Cl)c3)C2=O)o1. The molecule has 3 aromatic rings. The lowest BCUT2D eigenvalue weighted by Gasteiger charge is -2.11. The number of nitrogens with zero attached hydrogens (tertiary/aromatic N) is 1. The van der Waals surface area contributed by atoms with Gasteiger partial charge in [-0.3, -0.25) is 4.79 Å². The summed E-state index contributed by atoms with van der Waals surface area (Å²) >= 11 is 5.95. The first-order valence-electron chi connectivity index (χ1n) is 8.91. The molecule has 0 unspecified atom stereocenters. The van der Waals surface area contributed by atoms with Crippen LogP contribution in [0.1, 0.15) is 21.7 Å². The zero-order valence-corrected chi connectivity index (χ0v) is 16.4. The first-order valence-corrected chi connectivity index (χ1v) is 9.29. The van der Waals surface area contributed by atoms with Crippen molar-refractivity contribution in [2.45, 2.75) is 6.92 Å². The number of anilines is 1. The smallest absolute Gasteiger partial charge is 0.335 e. The number of benzene rings is 2. The normalized spacial score (nSPS) is 15.0. The van der Waals surface area contributed by atoms with E-state index in [0.717, 1.165) is 4.90 Å². The maximum Gasteiger partial charge on any atom is 0.335 e. The average Bonchev–Trinajstić information content (AvgIpc) is 3.26. The molecular formula is C22H15ClN2O5. The van der Waals surface area contributed by atoms with Crippen LogP contribution in [0.5, 0.6) is 0 Å². The molecule has 1 aromatic heterocycles. The molecule has 0 bridgehead atoms. The number of hydrogen-bond acceptors (Lipinski definition) is 4. The van der Waals surface area contributed by atoms with Crippen LogP contribution in [-0.2, 0) is 4.79 Å². The van der Waals surface area contributed by atoms with Gasteiger partial charge in [-0.25, -0.2) is 14.5 Å². The van der Waals surface area contributed by atoms with Gasteiger partial charge in [0.15, 0.2) is 0 Å². The molecule has 1 fully saturated rings. The molecule has 1 aliphatic rings. The largest absolute Gasteiger partial charge is 0.478 e. The van der Waals surface area contributed by atoms with Gasteiger partial charge in [-0.1, -0.05) is 29.8 Å². The number of furan rings is 1. The van der Waals surface area contributed by atoms with Gasteiger partial charge < -0.3 is 14.8 Å². The Morgan fingerprint density at radius 3 is 2.63 bits per heavy atom. The van der Waals surface area contributed by atoms with Gasteiger partial charge in [-0.15, -0.1) is 0 Å². The molecule has 1 saturated heterocycles. The van der Waals surface area contributed by atoms with Gasteiger partial charge in [-0.2, -0.15) is 0 Å². The zero-order chi connectivity index (χ0) is 21.4. The summed E-state index contributed by atoms with van der Waals surface area (Å²) in [6, 6.07) is 14.0. The minimum absolute atomic E-state index is 0.0527. The lowest BCUT2D eigenvalue weighted by molar-refractivity contribution is -0.113. The number of hydrogen-bond donors (Lipinski definition) is 2. The molecule has 3 amide bonds. The van der Waals surface area contributed by atoms with Crippen molar-refractivity contribution < 1.29 is 23.9 Å². The Balaban J connectivity index is 1.64. The van der Waals surface area contributed by atoms with Gasteiger partial charge >= 0.3 is 12.0 Å². The zero-order valence-electron chi connectivity index (χ0n) is 15.7.